The number of ether oxygens (including phenoxy) is 1. The van der Waals surface area contributed by atoms with Crippen LogP contribution in [-0.2, 0) is 6.54 Å². The van der Waals surface area contributed by atoms with E-state index in [1.54, 1.807) is 4.57 Å². The summed E-state index contributed by atoms with van der Waals surface area (Å²) in [5.74, 6) is 1.35. The molecular formula is C28H23N5O2. The Hall–Kier alpha value is -4.52. The Morgan fingerprint density at radius 1 is 0.800 bits per heavy atom. The van der Waals surface area contributed by atoms with Gasteiger partial charge in [-0.2, -0.15) is 0 Å². The number of hydrogen-bond donors (Lipinski definition) is 0. The van der Waals surface area contributed by atoms with Gasteiger partial charge in [0.25, 0.3) is 5.56 Å². The van der Waals surface area contributed by atoms with Gasteiger partial charge in [0.05, 0.1) is 29.9 Å². The summed E-state index contributed by atoms with van der Waals surface area (Å²) in [6.45, 7) is 4.90. The summed E-state index contributed by atoms with van der Waals surface area (Å²) in [6.07, 6.45) is 0. The number of para-hydroxylation sites is 2. The Morgan fingerprint density at radius 2 is 1.49 bits per heavy atom. The first-order chi connectivity index (χ1) is 17.1. The molecule has 172 valence electrons. The number of aromatic nitrogens is 5. The molecule has 0 atom stereocenters. The van der Waals surface area contributed by atoms with Gasteiger partial charge in [0.15, 0.2) is 11.3 Å². The average molecular weight is 462 g/mol. The predicted molar refractivity (Wildman–Crippen MR) is 137 cm³/mol. The number of aryl methyl sites for hydroxylation is 1. The van der Waals surface area contributed by atoms with Crippen molar-refractivity contribution in [1.29, 1.82) is 0 Å². The van der Waals surface area contributed by atoms with Crippen LogP contribution in [0, 0.1) is 6.92 Å². The van der Waals surface area contributed by atoms with Crippen LogP contribution in [0.5, 0.6) is 5.75 Å². The Bertz CT molecular complexity index is 1750. The van der Waals surface area contributed by atoms with Crippen LogP contribution >= 0.6 is 0 Å². The van der Waals surface area contributed by atoms with Gasteiger partial charge in [0.1, 0.15) is 22.5 Å². The molecule has 3 aromatic heterocycles. The fourth-order valence-corrected chi connectivity index (χ4v) is 4.54. The zero-order valence-corrected chi connectivity index (χ0v) is 19.5. The van der Waals surface area contributed by atoms with E-state index in [1.165, 1.54) is 0 Å². The molecule has 0 N–H and O–H groups in total. The fourth-order valence-electron chi connectivity index (χ4n) is 4.54. The van der Waals surface area contributed by atoms with Crippen LogP contribution in [0.25, 0.3) is 38.9 Å². The highest BCUT2D eigenvalue weighted by Crippen LogP contribution is 2.27. The summed E-state index contributed by atoms with van der Waals surface area (Å²) in [7, 11) is 0. The standard InChI is InChI=1S/C28H23N5O2/c1-3-35-21-15-13-20(14-16-21)33-18(2)29-26-24(28(33)34)25-27(31-23-12-8-7-11-22(23)30-25)32(26)17-19-9-5-4-6-10-19/h4-16H,3,17H2,1-2H3. The van der Waals surface area contributed by atoms with Gasteiger partial charge in [0.2, 0.25) is 0 Å². The van der Waals surface area contributed by atoms with Crippen LogP contribution in [0.3, 0.4) is 0 Å². The minimum absolute atomic E-state index is 0.168. The molecule has 0 bridgehead atoms. The van der Waals surface area contributed by atoms with Crippen molar-refractivity contribution >= 4 is 33.2 Å². The summed E-state index contributed by atoms with van der Waals surface area (Å²) in [6, 6.07) is 25.3. The molecule has 0 spiro atoms. The lowest BCUT2D eigenvalue weighted by Gasteiger charge is -2.12. The number of nitrogens with zero attached hydrogens (tertiary/aromatic N) is 5. The van der Waals surface area contributed by atoms with Crippen LogP contribution in [0.4, 0.5) is 0 Å². The summed E-state index contributed by atoms with van der Waals surface area (Å²) < 4.78 is 9.18. The highest BCUT2D eigenvalue weighted by molar-refractivity contribution is 6.04. The molecule has 7 heteroatoms. The second kappa shape index (κ2) is 8.36. The number of fused-ring (bicyclic) bond motifs is 4. The lowest BCUT2D eigenvalue weighted by molar-refractivity contribution is 0.340. The number of benzene rings is 3. The smallest absolute Gasteiger partial charge is 0.269 e. The summed E-state index contributed by atoms with van der Waals surface area (Å²) >= 11 is 0. The lowest BCUT2D eigenvalue weighted by Crippen LogP contribution is -2.22. The van der Waals surface area contributed by atoms with Gasteiger partial charge in [-0.05, 0) is 55.8 Å². The SMILES string of the molecule is CCOc1ccc(-n2c(C)nc3c(c2=O)c2nc4ccccc4nc2n3Cc2ccccc2)cc1. The summed E-state index contributed by atoms with van der Waals surface area (Å²) in [5, 5.41) is 0.466. The Balaban J connectivity index is 1.66. The van der Waals surface area contributed by atoms with Crippen LogP contribution in [0.2, 0.25) is 0 Å². The van der Waals surface area contributed by atoms with Crippen molar-refractivity contribution in [2.24, 2.45) is 0 Å². The van der Waals surface area contributed by atoms with Gasteiger partial charge < -0.3 is 9.30 Å². The monoisotopic (exact) mass is 461 g/mol. The van der Waals surface area contributed by atoms with Crippen molar-refractivity contribution in [2.75, 3.05) is 6.61 Å². The molecule has 0 aliphatic carbocycles. The van der Waals surface area contributed by atoms with E-state index in [0.29, 0.717) is 41.2 Å². The molecule has 6 aromatic rings. The van der Waals surface area contributed by atoms with Gasteiger partial charge in [-0.15, -0.1) is 0 Å². The van der Waals surface area contributed by atoms with E-state index >= 15 is 0 Å². The van der Waals surface area contributed by atoms with Gasteiger partial charge >= 0.3 is 0 Å². The van der Waals surface area contributed by atoms with E-state index in [4.69, 9.17) is 19.7 Å². The van der Waals surface area contributed by atoms with Gasteiger partial charge in [0, 0.05) is 0 Å². The molecule has 6 rings (SSSR count). The molecule has 0 saturated carbocycles. The molecule has 7 nitrogen and oxygen atoms in total. The molecule has 0 aliphatic rings. The van der Waals surface area contributed by atoms with E-state index in [9.17, 15) is 4.79 Å². The normalized spacial score (nSPS) is 11.5. The van der Waals surface area contributed by atoms with Crippen molar-refractivity contribution in [1.82, 2.24) is 24.1 Å². The van der Waals surface area contributed by atoms with Gasteiger partial charge in [-0.25, -0.2) is 15.0 Å². The predicted octanol–water partition coefficient (Wildman–Crippen LogP) is 5.04. The molecule has 0 aliphatic heterocycles. The zero-order valence-electron chi connectivity index (χ0n) is 19.5. The summed E-state index contributed by atoms with van der Waals surface area (Å²) in [4.78, 5) is 28.7. The molecule has 0 fully saturated rings. The van der Waals surface area contributed by atoms with Crippen molar-refractivity contribution < 1.29 is 4.74 Å². The van der Waals surface area contributed by atoms with Crippen LogP contribution in [-0.4, -0.2) is 30.7 Å². The van der Waals surface area contributed by atoms with Crippen LogP contribution in [0.1, 0.15) is 18.3 Å². The second-order valence-electron chi connectivity index (χ2n) is 8.38. The molecule has 3 heterocycles. The maximum Gasteiger partial charge on any atom is 0.269 e. The molecule has 0 unspecified atom stereocenters. The largest absolute Gasteiger partial charge is 0.494 e. The Morgan fingerprint density at radius 3 is 2.20 bits per heavy atom. The second-order valence-corrected chi connectivity index (χ2v) is 8.38. The van der Waals surface area contributed by atoms with E-state index in [-0.39, 0.29) is 5.56 Å². The first kappa shape index (κ1) is 21.0. The average Bonchev–Trinajstić information content (AvgIpc) is 3.16. The van der Waals surface area contributed by atoms with Crippen LogP contribution in [0.15, 0.2) is 83.7 Å². The van der Waals surface area contributed by atoms with Crippen molar-refractivity contribution in [3.63, 3.8) is 0 Å². The third-order valence-corrected chi connectivity index (χ3v) is 6.12. The number of hydrogen-bond acceptors (Lipinski definition) is 5. The van der Waals surface area contributed by atoms with Crippen LogP contribution < -0.4 is 10.3 Å². The minimum atomic E-state index is -0.168. The third-order valence-electron chi connectivity index (χ3n) is 6.12. The van der Waals surface area contributed by atoms with E-state index in [1.807, 2.05) is 85.1 Å². The van der Waals surface area contributed by atoms with Gasteiger partial charge in [-0.3, -0.25) is 9.36 Å². The highest BCUT2D eigenvalue weighted by Gasteiger charge is 2.22. The maximum absolute atomic E-state index is 14.0. The van der Waals surface area contributed by atoms with Crippen molar-refractivity contribution in [3.8, 4) is 11.4 Å². The first-order valence-electron chi connectivity index (χ1n) is 11.6. The summed E-state index contributed by atoms with van der Waals surface area (Å²) in [5.41, 5.74) is 4.97. The van der Waals surface area contributed by atoms with E-state index < -0.39 is 0 Å². The molecule has 3 aromatic carbocycles. The molecular weight excluding hydrogens is 438 g/mol. The van der Waals surface area contributed by atoms with Crippen molar-refractivity contribution in [3.05, 3.63) is 101 Å². The number of rotatable bonds is 5. The minimum Gasteiger partial charge on any atom is -0.494 e. The lowest BCUT2D eigenvalue weighted by atomic mass is 10.2. The quantitative estimate of drug-likeness (QED) is 0.360. The third kappa shape index (κ3) is 3.52. The van der Waals surface area contributed by atoms with E-state index in [2.05, 4.69) is 12.1 Å². The van der Waals surface area contributed by atoms with E-state index in [0.717, 1.165) is 28.0 Å². The fraction of sp³-hybridized carbons (Fsp3) is 0.143. The first-order valence-corrected chi connectivity index (χ1v) is 11.6. The Labute approximate surface area is 201 Å². The Kier molecular flexibility index (Phi) is 5.03. The van der Waals surface area contributed by atoms with Gasteiger partial charge in [-0.1, -0.05) is 42.5 Å². The maximum atomic E-state index is 14.0. The molecule has 35 heavy (non-hydrogen) atoms. The van der Waals surface area contributed by atoms with Crippen molar-refractivity contribution in [2.45, 2.75) is 20.4 Å². The molecule has 0 amide bonds. The zero-order chi connectivity index (χ0) is 23.9. The highest BCUT2D eigenvalue weighted by atomic mass is 16.5. The molecule has 0 radical (unpaired) electrons. The topological polar surface area (TPSA) is 74.8 Å². The molecule has 0 saturated heterocycles.